The number of rotatable bonds is 14. The predicted octanol–water partition coefficient (Wildman–Crippen LogP) is 6.72. The highest BCUT2D eigenvalue weighted by molar-refractivity contribution is 7.89. The normalized spacial score (nSPS) is 14.1. The molecule has 0 atom stereocenters. The first kappa shape index (κ1) is 59.3. The average molecular weight is 1100 g/mol. The van der Waals surface area contributed by atoms with Crippen LogP contribution >= 0.6 is 12.4 Å². The van der Waals surface area contributed by atoms with E-state index in [2.05, 4.69) is 55.1 Å². The number of halogens is 1. The molecule has 2 aliphatic heterocycles. The fourth-order valence-electron chi connectivity index (χ4n) is 8.14. The number of tetrazole rings is 2. The van der Waals surface area contributed by atoms with Crippen LogP contribution in [0.5, 0.6) is 23.0 Å². The Hall–Kier alpha value is -7.57. The van der Waals surface area contributed by atoms with Gasteiger partial charge in [0.2, 0.25) is 20.0 Å². The van der Waals surface area contributed by atoms with Crippen molar-refractivity contribution in [2.45, 2.75) is 89.8 Å². The van der Waals surface area contributed by atoms with Crippen LogP contribution in [-0.2, 0) is 37.9 Å². The fourth-order valence-corrected chi connectivity index (χ4v) is 11.3. The summed E-state index contributed by atoms with van der Waals surface area (Å²) in [5.74, 6) is 2.18. The quantitative estimate of drug-likeness (QED) is 0.118. The van der Waals surface area contributed by atoms with Crippen LogP contribution in [0.3, 0.4) is 0 Å². The minimum atomic E-state index is -4.06. The van der Waals surface area contributed by atoms with Gasteiger partial charge in [-0.1, -0.05) is 12.1 Å². The van der Waals surface area contributed by atoms with E-state index in [1.54, 1.807) is 51.1 Å². The standard InChI is InChI=1S/C27H33N7O5S.C22H25N7O3S.CHN.ClH/c1-19-15-20(2)17-22(16-19)38-23-8-7-21(25-29-30-31-34(25)10-6-9-28)18-24(23)40(36,37)33-13-11-32(12-14-33)26(35)39-27(3,4)5;1-16-12-17(2)14-19(13-16)32-20-5-4-18(22-25-26-27-29(22)9-3-6-23)15-21(20)33(30,31)28-10-7-24-8-11-28;1-2;/h7-8,15-18H,6,10-14H2,1-5H3;4-5,12-15,24H,3,7-11H2,1-2H3;1H;1H. The second kappa shape index (κ2) is 26.3. The molecular formula is C50H60ClN15O8S2. The molecule has 4 heterocycles. The van der Waals surface area contributed by atoms with Crippen LogP contribution < -0.4 is 14.8 Å². The third kappa shape index (κ3) is 15.1. The second-order valence-corrected chi connectivity index (χ2v) is 22.3. The van der Waals surface area contributed by atoms with Gasteiger partial charge in [-0.3, -0.25) is 0 Å². The number of aryl methyl sites for hydroxylation is 6. The van der Waals surface area contributed by atoms with Gasteiger partial charge in [-0.2, -0.15) is 19.1 Å². The molecule has 6 aromatic rings. The van der Waals surface area contributed by atoms with Gasteiger partial charge in [0.25, 0.3) is 0 Å². The second-order valence-electron chi connectivity index (χ2n) is 18.5. The molecule has 76 heavy (non-hydrogen) atoms. The molecule has 2 aromatic heterocycles. The van der Waals surface area contributed by atoms with E-state index in [4.69, 9.17) is 30.0 Å². The Bertz CT molecular complexity index is 3270. The van der Waals surface area contributed by atoms with Gasteiger partial charge in [0.05, 0.1) is 38.1 Å². The molecule has 0 unspecified atom stereocenters. The number of carbonyl (C=O) groups is 1. The van der Waals surface area contributed by atoms with E-state index >= 15 is 0 Å². The highest BCUT2D eigenvalue weighted by Crippen LogP contribution is 2.37. The third-order valence-corrected chi connectivity index (χ3v) is 15.2. The molecule has 26 heteroatoms. The first-order valence-electron chi connectivity index (χ1n) is 23.8. The number of hydrogen-bond donors (Lipinski definition) is 1. The van der Waals surface area contributed by atoms with E-state index < -0.39 is 31.7 Å². The van der Waals surface area contributed by atoms with E-state index in [1.165, 1.54) is 28.9 Å². The van der Waals surface area contributed by atoms with Crippen molar-refractivity contribution in [3.8, 4) is 64.5 Å². The molecule has 1 N–H and O–H groups in total. The Kier molecular flexibility index (Phi) is 20.5. The van der Waals surface area contributed by atoms with Crippen LogP contribution in [0.25, 0.3) is 22.8 Å². The molecule has 0 spiro atoms. The first-order chi connectivity index (χ1) is 35.7. The predicted molar refractivity (Wildman–Crippen MR) is 281 cm³/mol. The van der Waals surface area contributed by atoms with Crippen molar-refractivity contribution in [2.75, 3.05) is 52.4 Å². The SMILES string of the molecule is C#N.Cc1cc(C)cc(Oc2ccc(-c3nnnn3CCC#N)cc2S(=O)(=O)N2CCN(C(=O)OC(C)(C)C)CC2)c1.Cc1cc(C)cc(Oc2ccc(-c3nnnn3CCC#N)cc2S(=O)(=O)N2CCNCC2)c1.Cl. The van der Waals surface area contributed by atoms with Gasteiger partial charge < -0.3 is 24.4 Å². The molecule has 23 nitrogen and oxygen atoms in total. The van der Waals surface area contributed by atoms with Crippen molar-refractivity contribution in [3.05, 3.63) is 95.1 Å². The summed E-state index contributed by atoms with van der Waals surface area (Å²) in [5, 5.41) is 50.9. The summed E-state index contributed by atoms with van der Waals surface area (Å²) in [6, 6.07) is 25.2. The van der Waals surface area contributed by atoms with Crippen LogP contribution in [0.15, 0.2) is 82.6 Å². The number of carbonyl (C=O) groups excluding carboxylic acids is 1. The summed E-state index contributed by atoms with van der Waals surface area (Å²) in [5.41, 5.74) is 4.33. The lowest BCUT2D eigenvalue weighted by atomic mass is 10.1. The number of nitrogens with zero attached hydrogens (tertiary/aromatic N) is 14. The lowest BCUT2D eigenvalue weighted by Gasteiger charge is -2.35. The Morgan fingerprint density at radius 3 is 1.41 bits per heavy atom. The summed E-state index contributed by atoms with van der Waals surface area (Å²) >= 11 is 0. The highest BCUT2D eigenvalue weighted by Gasteiger charge is 2.35. The van der Waals surface area contributed by atoms with Gasteiger partial charge in [-0.05, 0) is 152 Å². The number of amides is 1. The molecule has 0 saturated carbocycles. The Labute approximate surface area is 449 Å². The minimum Gasteiger partial charge on any atom is -0.456 e. The Morgan fingerprint density at radius 1 is 0.632 bits per heavy atom. The molecule has 2 fully saturated rings. The first-order valence-corrected chi connectivity index (χ1v) is 26.7. The summed E-state index contributed by atoms with van der Waals surface area (Å²) in [7, 11) is -7.90. The molecule has 0 bridgehead atoms. The highest BCUT2D eigenvalue weighted by atomic mass is 35.5. The van der Waals surface area contributed by atoms with Crippen LogP contribution in [0, 0.1) is 62.2 Å². The van der Waals surface area contributed by atoms with Crippen LogP contribution in [-0.4, -0.2) is 135 Å². The fraction of sp³-hybridized carbons (Fsp3) is 0.400. The van der Waals surface area contributed by atoms with E-state index in [9.17, 15) is 21.6 Å². The van der Waals surface area contributed by atoms with Crippen molar-refractivity contribution < 1.29 is 35.8 Å². The zero-order chi connectivity index (χ0) is 54.5. The molecular weight excluding hydrogens is 1040 g/mol. The minimum absolute atomic E-state index is 0. The van der Waals surface area contributed by atoms with Gasteiger partial charge in [-0.15, -0.1) is 22.6 Å². The number of benzene rings is 4. The summed E-state index contributed by atoms with van der Waals surface area (Å²) in [6.45, 7) is 19.7. The third-order valence-electron chi connectivity index (χ3n) is 11.4. The summed E-state index contributed by atoms with van der Waals surface area (Å²) in [4.78, 5) is 14.0. The molecule has 2 aliphatic rings. The smallest absolute Gasteiger partial charge is 0.410 e. The maximum absolute atomic E-state index is 14.0. The van der Waals surface area contributed by atoms with Crippen LogP contribution in [0.4, 0.5) is 4.79 Å². The monoisotopic (exact) mass is 1100 g/mol. The zero-order valence-corrected chi connectivity index (χ0v) is 45.7. The molecule has 402 valence electrons. The lowest BCUT2D eigenvalue weighted by Crippen LogP contribution is -2.51. The van der Waals surface area contributed by atoms with Crippen molar-refractivity contribution in [3.63, 3.8) is 0 Å². The maximum Gasteiger partial charge on any atom is 0.410 e. The van der Waals surface area contributed by atoms with Crippen molar-refractivity contribution in [2.24, 2.45) is 0 Å². The summed E-state index contributed by atoms with van der Waals surface area (Å²) in [6.07, 6.45) is -0.0497. The Morgan fingerprint density at radius 2 is 1.03 bits per heavy atom. The van der Waals surface area contributed by atoms with Gasteiger partial charge in [0.15, 0.2) is 11.6 Å². The number of aromatic nitrogens is 8. The van der Waals surface area contributed by atoms with Crippen molar-refractivity contribution in [1.82, 2.24) is 59.2 Å². The lowest BCUT2D eigenvalue weighted by molar-refractivity contribution is 0.0192. The number of sulfonamides is 2. The molecule has 8 rings (SSSR count). The molecule has 0 aliphatic carbocycles. The molecule has 0 radical (unpaired) electrons. The van der Waals surface area contributed by atoms with E-state index in [1.807, 2.05) is 64.1 Å². The van der Waals surface area contributed by atoms with Gasteiger partial charge in [0.1, 0.15) is 38.4 Å². The van der Waals surface area contributed by atoms with Gasteiger partial charge in [0, 0.05) is 70.1 Å². The van der Waals surface area contributed by atoms with Gasteiger partial charge in [-0.25, -0.2) is 36.3 Å². The largest absolute Gasteiger partial charge is 0.456 e. The number of ether oxygens (including phenoxy) is 3. The number of nitriles is 3. The maximum atomic E-state index is 14.0. The van der Waals surface area contributed by atoms with Gasteiger partial charge >= 0.3 is 6.09 Å². The Balaban J connectivity index is 0.000000273. The number of hydrogen-bond acceptors (Lipinski definition) is 18. The van der Waals surface area contributed by atoms with Crippen molar-refractivity contribution >= 4 is 38.5 Å². The van der Waals surface area contributed by atoms with Crippen molar-refractivity contribution in [1.29, 1.82) is 15.8 Å². The van der Waals surface area contributed by atoms with Crippen LogP contribution in [0.1, 0.15) is 55.9 Å². The van der Waals surface area contributed by atoms with E-state index in [-0.39, 0.29) is 79.3 Å². The summed E-state index contributed by atoms with van der Waals surface area (Å²) < 4.78 is 78.7. The molecule has 4 aromatic carbocycles. The van der Waals surface area contributed by atoms with Crippen LogP contribution in [0.2, 0.25) is 0 Å². The molecule has 2 saturated heterocycles. The topological polar surface area (TPSA) is 293 Å². The van der Waals surface area contributed by atoms with E-state index in [0.29, 0.717) is 67.0 Å². The average Bonchev–Trinajstić information content (AvgIpc) is 4.05. The molecule has 1 amide bonds. The number of piperazine rings is 2. The zero-order valence-electron chi connectivity index (χ0n) is 43.2. The number of nitrogens with one attached hydrogen (secondary N) is 1. The van der Waals surface area contributed by atoms with E-state index in [0.717, 1.165) is 22.3 Å².